The first-order valence-electron chi connectivity index (χ1n) is 6.69. The molecule has 1 aliphatic rings. The molecule has 1 aliphatic heterocycles. The molecular formula is C14H19N3O4. The van der Waals surface area contributed by atoms with Gasteiger partial charge in [0, 0.05) is 26.2 Å². The van der Waals surface area contributed by atoms with Crippen molar-refractivity contribution in [3.63, 3.8) is 0 Å². The molecule has 3 N–H and O–H groups in total. The fraction of sp³-hybridized carbons (Fsp3) is 0.429. The van der Waals surface area contributed by atoms with Gasteiger partial charge in [-0.1, -0.05) is 0 Å². The minimum atomic E-state index is -1.05. The van der Waals surface area contributed by atoms with Gasteiger partial charge < -0.3 is 25.4 Å². The van der Waals surface area contributed by atoms with Gasteiger partial charge in [0.2, 0.25) is 0 Å². The highest BCUT2D eigenvalue weighted by Crippen LogP contribution is 2.22. The van der Waals surface area contributed by atoms with Crippen LogP contribution in [0.25, 0.3) is 0 Å². The zero-order valence-electron chi connectivity index (χ0n) is 11.9. The van der Waals surface area contributed by atoms with Crippen molar-refractivity contribution in [2.75, 3.05) is 45.6 Å². The summed E-state index contributed by atoms with van der Waals surface area (Å²) in [5, 5.41) is 8.85. The number of hydrogen-bond donors (Lipinski definition) is 2. The molecule has 2 rings (SSSR count). The molecule has 1 fully saturated rings. The number of likely N-dealkylation sites (N-methyl/N-ethyl adjacent to an activating group) is 1. The highest BCUT2D eigenvalue weighted by Gasteiger charge is 2.19. The molecule has 0 bridgehead atoms. The van der Waals surface area contributed by atoms with Crippen molar-refractivity contribution in [3.05, 3.63) is 23.8 Å². The van der Waals surface area contributed by atoms with E-state index in [1.165, 1.54) is 18.2 Å². The molecule has 1 aromatic rings. The Morgan fingerprint density at radius 3 is 2.52 bits per heavy atom. The Morgan fingerprint density at radius 1 is 1.29 bits per heavy atom. The van der Waals surface area contributed by atoms with Gasteiger partial charge in [0.25, 0.3) is 5.91 Å². The monoisotopic (exact) mass is 293 g/mol. The predicted molar refractivity (Wildman–Crippen MR) is 77.4 cm³/mol. The Morgan fingerprint density at radius 2 is 1.95 bits per heavy atom. The summed E-state index contributed by atoms with van der Waals surface area (Å²) in [5.74, 6) is -0.825. The van der Waals surface area contributed by atoms with Gasteiger partial charge in [-0.15, -0.1) is 0 Å². The van der Waals surface area contributed by atoms with Crippen molar-refractivity contribution >= 4 is 17.6 Å². The Hall–Kier alpha value is -2.28. The Balaban J connectivity index is 1.91. The lowest BCUT2D eigenvalue weighted by Gasteiger charge is -2.32. The molecule has 114 valence electrons. The lowest BCUT2D eigenvalue weighted by molar-refractivity contribution is -0.134. The molecule has 0 aliphatic carbocycles. The molecule has 7 nitrogen and oxygen atoms in total. The van der Waals surface area contributed by atoms with Crippen LogP contribution in [0.15, 0.2) is 18.2 Å². The molecule has 1 heterocycles. The summed E-state index contributed by atoms with van der Waals surface area (Å²) >= 11 is 0. The number of nitrogens with two attached hydrogens (primary N) is 1. The summed E-state index contributed by atoms with van der Waals surface area (Å²) in [6, 6.07) is 4.18. The summed E-state index contributed by atoms with van der Waals surface area (Å²) in [5.41, 5.74) is 6.02. The first-order valence-corrected chi connectivity index (χ1v) is 6.69. The second-order valence-corrected chi connectivity index (χ2v) is 5.03. The van der Waals surface area contributed by atoms with E-state index in [2.05, 4.69) is 4.90 Å². The topological polar surface area (TPSA) is 96.1 Å². The Bertz CT molecular complexity index is 539. The fourth-order valence-electron chi connectivity index (χ4n) is 2.10. The van der Waals surface area contributed by atoms with Crippen molar-refractivity contribution in [2.45, 2.75) is 0 Å². The number of anilines is 1. The average molecular weight is 293 g/mol. The van der Waals surface area contributed by atoms with E-state index in [0.29, 0.717) is 18.8 Å². The number of carbonyl (C=O) groups is 2. The third-order valence-electron chi connectivity index (χ3n) is 3.46. The highest BCUT2D eigenvalue weighted by atomic mass is 16.5. The molecule has 7 heteroatoms. The largest absolute Gasteiger partial charge is 0.482 e. The number of rotatable bonds is 4. The first-order chi connectivity index (χ1) is 9.97. The van der Waals surface area contributed by atoms with E-state index in [1.807, 2.05) is 7.05 Å². The predicted octanol–water partition coefficient (Wildman–Crippen LogP) is 0.120. The number of nitrogens with zero attached hydrogens (tertiary/aromatic N) is 2. The second kappa shape index (κ2) is 6.45. The van der Waals surface area contributed by atoms with Crippen LogP contribution in [-0.2, 0) is 4.79 Å². The van der Waals surface area contributed by atoms with Crippen LogP contribution in [0, 0.1) is 0 Å². The van der Waals surface area contributed by atoms with E-state index in [0.717, 1.165) is 13.1 Å². The van der Waals surface area contributed by atoms with Gasteiger partial charge in [-0.3, -0.25) is 4.79 Å². The standard InChI is InChI=1S/C14H19N3O4/c1-16-4-6-17(7-5-16)13(18)9-21-12-3-2-10(14(19)20)8-11(12)15/h2-3,8H,4-7,9,15H2,1H3,(H,19,20). The molecule has 0 spiro atoms. The minimum absolute atomic E-state index is 0.0882. The Kier molecular flexibility index (Phi) is 4.64. The van der Waals surface area contributed by atoms with Gasteiger partial charge >= 0.3 is 5.97 Å². The van der Waals surface area contributed by atoms with Crippen molar-refractivity contribution in [1.29, 1.82) is 0 Å². The SMILES string of the molecule is CN1CCN(C(=O)COc2ccc(C(=O)O)cc2N)CC1. The van der Waals surface area contributed by atoms with Gasteiger partial charge in [0.05, 0.1) is 11.3 Å². The quantitative estimate of drug-likeness (QED) is 0.766. The number of carboxylic acid groups (broad SMARTS) is 1. The molecule has 0 radical (unpaired) electrons. The van der Waals surface area contributed by atoms with E-state index in [4.69, 9.17) is 15.6 Å². The van der Waals surface area contributed by atoms with E-state index in [1.54, 1.807) is 4.90 Å². The van der Waals surface area contributed by atoms with Crippen LogP contribution in [0.1, 0.15) is 10.4 Å². The van der Waals surface area contributed by atoms with Crippen LogP contribution >= 0.6 is 0 Å². The molecule has 21 heavy (non-hydrogen) atoms. The second-order valence-electron chi connectivity index (χ2n) is 5.03. The third-order valence-corrected chi connectivity index (χ3v) is 3.46. The van der Waals surface area contributed by atoms with E-state index < -0.39 is 5.97 Å². The van der Waals surface area contributed by atoms with Gasteiger partial charge in [0.15, 0.2) is 6.61 Å². The molecule has 0 saturated carbocycles. The highest BCUT2D eigenvalue weighted by molar-refractivity contribution is 5.89. The number of amides is 1. The van der Waals surface area contributed by atoms with Crippen LogP contribution in [-0.4, -0.2) is 66.6 Å². The van der Waals surface area contributed by atoms with E-state index in [-0.39, 0.29) is 23.8 Å². The summed E-state index contributed by atoms with van der Waals surface area (Å²) in [7, 11) is 2.02. The summed E-state index contributed by atoms with van der Waals surface area (Å²) < 4.78 is 5.39. The summed E-state index contributed by atoms with van der Waals surface area (Å²) in [6.45, 7) is 2.97. The van der Waals surface area contributed by atoms with Crippen LogP contribution in [0.3, 0.4) is 0 Å². The van der Waals surface area contributed by atoms with Crippen molar-refractivity contribution in [1.82, 2.24) is 9.80 Å². The van der Waals surface area contributed by atoms with Crippen molar-refractivity contribution in [3.8, 4) is 5.75 Å². The number of benzene rings is 1. The smallest absolute Gasteiger partial charge is 0.335 e. The molecule has 1 aromatic carbocycles. The van der Waals surface area contributed by atoms with E-state index in [9.17, 15) is 9.59 Å². The number of piperazine rings is 1. The third kappa shape index (κ3) is 3.85. The van der Waals surface area contributed by atoms with Crippen molar-refractivity contribution < 1.29 is 19.4 Å². The Labute approximate surface area is 122 Å². The first kappa shape index (κ1) is 15.1. The summed E-state index contributed by atoms with van der Waals surface area (Å²) in [4.78, 5) is 26.7. The molecule has 1 saturated heterocycles. The average Bonchev–Trinajstić information content (AvgIpc) is 2.46. The number of ether oxygens (including phenoxy) is 1. The number of aromatic carboxylic acids is 1. The van der Waals surface area contributed by atoms with E-state index >= 15 is 0 Å². The van der Waals surface area contributed by atoms with Crippen LogP contribution in [0.5, 0.6) is 5.75 Å². The zero-order chi connectivity index (χ0) is 15.4. The number of carbonyl (C=O) groups excluding carboxylic acids is 1. The normalized spacial score (nSPS) is 15.8. The lowest BCUT2D eigenvalue weighted by atomic mass is 10.2. The minimum Gasteiger partial charge on any atom is -0.482 e. The molecule has 0 unspecified atom stereocenters. The zero-order valence-corrected chi connectivity index (χ0v) is 11.9. The number of nitrogen functional groups attached to an aromatic ring is 1. The molecule has 0 aromatic heterocycles. The fourth-order valence-corrected chi connectivity index (χ4v) is 2.10. The van der Waals surface area contributed by atoms with Gasteiger partial charge in [-0.05, 0) is 25.2 Å². The van der Waals surface area contributed by atoms with Crippen molar-refractivity contribution in [2.24, 2.45) is 0 Å². The van der Waals surface area contributed by atoms with Gasteiger partial charge in [0.1, 0.15) is 5.75 Å². The molecular weight excluding hydrogens is 274 g/mol. The maximum Gasteiger partial charge on any atom is 0.335 e. The molecule has 1 amide bonds. The van der Waals surface area contributed by atoms with Gasteiger partial charge in [-0.25, -0.2) is 4.79 Å². The van der Waals surface area contributed by atoms with Crippen LogP contribution in [0.4, 0.5) is 5.69 Å². The lowest BCUT2D eigenvalue weighted by Crippen LogP contribution is -2.48. The maximum absolute atomic E-state index is 12.0. The number of hydrogen-bond acceptors (Lipinski definition) is 5. The van der Waals surface area contributed by atoms with Crippen LogP contribution < -0.4 is 10.5 Å². The summed E-state index contributed by atoms with van der Waals surface area (Å²) in [6.07, 6.45) is 0. The molecule has 0 atom stereocenters. The maximum atomic E-state index is 12.0. The van der Waals surface area contributed by atoms with Gasteiger partial charge in [-0.2, -0.15) is 0 Å². The van der Waals surface area contributed by atoms with Crippen LogP contribution in [0.2, 0.25) is 0 Å². The number of carboxylic acids is 1.